The highest BCUT2D eigenvalue weighted by atomic mass is 16.5. The van der Waals surface area contributed by atoms with Crippen LogP contribution in [0, 0.1) is 0 Å². The Hall–Kier alpha value is -0.610. The van der Waals surface area contributed by atoms with Gasteiger partial charge in [0.25, 0.3) is 0 Å². The van der Waals surface area contributed by atoms with Crippen LogP contribution < -0.4 is 5.32 Å². The lowest BCUT2D eigenvalue weighted by Crippen LogP contribution is -2.48. The van der Waals surface area contributed by atoms with E-state index in [1.165, 1.54) is 19.4 Å². The first-order valence-corrected chi connectivity index (χ1v) is 7.97. The average Bonchev–Trinajstić information content (AvgIpc) is 2.73. The number of nitrogens with one attached hydrogen (secondary N) is 1. The Labute approximate surface area is 124 Å². The SMILES string of the molecule is CCOC(=O)C(C)(CCCCN1CCCC1(C)C)NC. The molecule has 4 nitrogen and oxygen atoms in total. The lowest BCUT2D eigenvalue weighted by atomic mass is 9.94. The van der Waals surface area contributed by atoms with Crippen molar-refractivity contribution in [3.63, 3.8) is 0 Å². The van der Waals surface area contributed by atoms with Gasteiger partial charge in [0.1, 0.15) is 5.54 Å². The van der Waals surface area contributed by atoms with Gasteiger partial charge in [0.2, 0.25) is 0 Å². The predicted octanol–water partition coefficient (Wildman–Crippen LogP) is 2.57. The minimum absolute atomic E-state index is 0.135. The van der Waals surface area contributed by atoms with Crippen molar-refractivity contribution in [2.24, 2.45) is 0 Å². The monoisotopic (exact) mass is 284 g/mol. The highest BCUT2D eigenvalue weighted by Crippen LogP contribution is 2.28. The Balaban J connectivity index is 2.33. The number of carbonyl (C=O) groups excluding carboxylic acids is 1. The number of rotatable bonds is 8. The van der Waals surface area contributed by atoms with Crippen molar-refractivity contribution in [3.8, 4) is 0 Å². The van der Waals surface area contributed by atoms with E-state index in [9.17, 15) is 4.79 Å². The molecular weight excluding hydrogens is 252 g/mol. The van der Waals surface area contributed by atoms with Crippen LogP contribution in [0.1, 0.15) is 59.8 Å². The van der Waals surface area contributed by atoms with E-state index in [4.69, 9.17) is 4.74 Å². The zero-order chi connectivity index (χ0) is 15.2. The molecule has 1 saturated heterocycles. The number of carbonyl (C=O) groups is 1. The van der Waals surface area contributed by atoms with Crippen molar-refractivity contribution in [3.05, 3.63) is 0 Å². The van der Waals surface area contributed by atoms with Crippen molar-refractivity contribution in [1.29, 1.82) is 0 Å². The topological polar surface area (TPSA) is 41.6 Å². The van der Waals surface area contributed by atoms with E-state index >= 15 is 0 Å². The second kappa shape index (κ2) is 7.41. The normalized spacial score (nSPS) is 21.6. The number of hydrogen-bond acceptors (Lipinski definition) is 4. The largest absolute Gasteiger partial charge is 0.465 e. The standard InChI is InChI=1S/C16H32N2O2/c1-6-20-14(19)16(4,17-5)11-7-8-12-18-13-9-10-15(18,2)3/h17H,6-13H2,1-5H3. The molecule has 0 aromatic carbocycles. The minimum atomic E-state index is -0.545. The maximum atomic E-state index is 12.0. The van der Waals surface area contributed by atoms with E-state index in [-0.39, 0.29) is 5.97 Å². The summed E-state index contributed by atoms with van der Waals surface area (Å²) in [5.74, 6) is -0.135. The lowest BCUT2D eigenvalue weighted by molar-refractivity contribution is -0.150. The molecule has 20 heavy (non-hydrogen) atoms. The van der Waals surface area contributed by atoms with E-state index in [0.717, 1.165) is 25.8 Å². The fourth-order valence-electron chi connectivity index (χ4n) is 2.98. The van der Waals surface area contributed by atoms with Gasteiger partial charge in [0.05, 0.1) is 6.61 Å². The van der Waals surface area contributed by atoms with Gasteiger partial charge in [-0.05, 0) is 79.9 Å². The molecule has 0 aliphatic carbocycles. The highest BCUT2D eigenvalue weighted by molar-refractivity contribution is 5.80. The molecule has 118 valence electrons. The van der Waals surface area contributed by atoms with Crippen LogP contribution in [0.5, 0.6) is 0 Å². The van der Waals surface area contributed by atoms with Gasteiger partial charge in [-0.3, -0.25) is 9.69 Å². The van der Waals surface area contributed by atoms with Crippen molar-refractivity contribution in [2.75, 3.05) is 26.7 Å². The van der Waals surface area contributed by atoms with Crippen molar-refractivity contribution < 1.29 is 9.53 Å². The van der Waals surface area contributed by atoms with E-state index < -0.39 is 5.54 Å². The Kier molecular flexibility index (Phi) is 6.46. The number of esters is 1. The predicted molar refractivity (Wildman–Crippen MR) is 82.8 cm³/mol. The molecule has 1 fully saturated rings. The van der Waals surface area contributed by atoms with Crippen molar-refractivity contribution >= 4 is 5.97 Å². The molecule has 0 bridgehead atoms. The zero-order valence-corrected chi connectivity index (χ0v) is 13.9. The summed E-state index contributed by atoms with van der Waals surface area (Å²) in [6.07, 6.45) is 5.62. The summed E-state index contributed by atoms with van der Waals surface area (Å²) in [5.41, 5.74) is -0.190. The quantitative estimate of drug-likeness (QED) is 0.549. The smallest absolute Gasteiger partial charge is 0.326 e. The third kappa shape index (κ3) is 4.45. The summed E-state index contributed by atoms with van der Waals surface area (Å²) in [6.45, 7) is 11.2. The first-order valence-electron chi connectivity index (χ1n) is 7.97. The average molecular weight is 284 g/mol. The maximum absolute atomic E-state index is 12.0. The lowest BCUT2D eigenvalue weighted by Gasteiger charge is -2.32. The van der Waals surface area contributed by atoms with Gasteiger partial charge in [-0.2, -0.15) is 0 Å². The molecule has 1 aliphatic rings. The molecule has 1 heterocycles. The minimum Gasteiger partial charge on any atom is -0.465 e. The molecular formula is C16H32N2O2. The van der Waals surface area contributed by atoms with Crippen LogP contribution >= 0.6 is 0 Å². The van der Waals surface area contributed by atoms with Gasteiger partial charge in [0, 0.05) is 5.54 Å². The van der Waals surface area contributed by atoms with Gasteiger partial charge in [-0.1, -0.05) is 0 Å². The number of likely N-dealkylation sites (N-methyl/N-ethyl adjacent to an activating group) is 1. The number of hydrogen-bond donors (Lipinski definition) is 1. The molecule has 1 aliphatic heterocycles. The van der Waals surface area contributed by atoms with Gasteiger partial charge >= 0.3 is 5.97 Å². The van der Waals surface area contributed by atoms with Crippen molar-refractivity contribution in [2.45, 2.75) is 70.9 Å². The van der Waals surface area contributed by atoms with Crippen molar-refractivity contribution in [1.82, 2.24) is 10.2 Å². The molecule has 0 radical (unpaired) electrons. The number of nitrogens with zero attached hydrogens (tertiary/aromatic N) is 1. The molecule has 1 rings (SSSR count). The molecule has 1 atom stereocenters. The van der Waals surface area contributed by atoms with Crippen LogP contribution in [-0.2, 0) is 9.53 Å². The summed E-state index contributed by atoms with van der Waals surface area (Å²) in [6, 6.07) is 0. The Bertz CT molecular complexity index is 318. The Morgan fingerprint density at radius 3 is 2.60 bits per heavy atom. The van der Waals surface area contributed by atoms with Gasteiger partial charge in [-0.15, -0.1) is 0 Å². The molecule has 0 saturated carbocycles. The first-order chi connectivity index (χ1) is 9.35. The van der Waals surface area contributed by atoms with E-state index in [2.05, 4.69) is 24.1 Å². The second-order valence-electron chi connectivity index (χ2n) is 6.66. The summed E-state index contributed by atoms with van der Waals surface area (Å²) in [5, 5.41) is 3.12. The summed E-state index contributed by atoms with van der Waals surface area (Å²) < 4.78 is 5.15. The summed E-state index contributed by atoms with van der Waals surface area (Å²) >= 11 is 0. The van der Waals surface area contributed by atoms with Crippen LogP contribution in [0.2, 0.25) is 0 Å². The summed E-state index contributed by atoms with van der Waals surface area (Å²) in [4.78, 5) is 14.5. The fraction of sp³-hybridized carbons (Fsp3) is 0.938. The third-order valence-electron chi connectivity index (χ3n) is 4.71. The van der Waals surface area contributed by atoms with E-state index in [1.54, 1.807) is 0 Å². The Morgan fingerprint density at radius 2 is 2.10 bits per heavy atom. The maximum Gasteiger partial charge on any atom is 0.326 e. The Morgan fingerprint density at radius 1 is 1.40 bits per heavy atom. The second-order valence-corrected chi connectivity index (χ2v) is 6.66. The molecule has 0 spiro atoms. The number of ether oxygens (including phenoxy) is 1. The molecule has 0 amide bonds. The summed E-state index contributed by atoms with van der Waals surface area (Å²) in [7, 11) is 1.83. The third-order valence-corrected chi connectivity index (χ3v) is 4.71. The highest BCUT2D eigenvalue weighted by Gasteiger charge is 2.33. The molecule has 0 aromatic rings. The molecule has 1 unspecified atom stereocenters. The first kappa shape index (κ1) is 17.4. The molecule has 1 N–H and O–H groups in total. The van der Waals surface area contributed by atoms with Crippen LogP contribution in [-0.4, -0.2) is 48.7 Å². The van der Waals surface area contributed by atoms with Gasteiger partial charge in [-0.25, -0.2) is 0 Å². The van der Waals surface area contributed by atoms with Crippen LogP contribution in [0.25, 0.3) is 0 Å². The number of likely N-dealkylation sites (tertiary alicyclic amines) is 1. The van der Waals surface area contributed by atoms with Gasteiger partial charge in [0.15, 0.2) is 0 Å². The number of unbranched alkanes of at least 4 members (excludes halogenated alkanes) is 1. The van der Waals surface area contributed by atoms with E-state index in [0.29, 0.717) is 12.1 Å². The molecule has 0 aromatic heterocycles. The van der Waals surface area contributed by atoms with Gasteiger partial charge < -0.3 is 10.1 Å². The van der Waals surface area contributed by atoms with Crippen LogP contribution in [0.4, 0.5) is 0 Å². The van der Waals surface area contributed by atoms with Crippen LogP contribution in [0.15, 0.2) is 0 Å². The van der Waals surface area contributed by atoms with Crippen LogP contribution in [0.3, 0.4) is 0 Å². The molecule has 4 heteroatoms. The fourth-order valence-corrected chi connectivity index (χ4v) is 2.98. The zero-order valence-electron chi connectivity index (χ0n) is 13.9. The van der Waals surface area contributed by atoms with E-state index in [1.807, 2.05) is 20.9 Å².